The predicted octanol–water partition coefficient (Wildman–Crippen LogP) is 5.16. The van der Waals surface area contributed by atoms with Crippen molar-refractivity contribution in [1.82, 2.24) is 0 Å². The molecule has 2 heterocycles. The zero-order chi connectivity index (χ0) is 20.3. The standard InChI is InChI=1S/2C4H8O3P.2C3H7O2.4CH4.4V/c2*1-8(5)6-3-2-4-7-8;2*4-2-1-3-5;;;;;;;;/h2*3H,2,4H2,1H3;2*2,4-5H,1,3H2;4*1H4;;;;/q4*-1;;;;;;;;/t2*8-;;;;;;;;;;/m11........../s1. The summed E-state index contributed by atoms with van der Waals surface area (Å²) in [6.45, 7) is 8.97. The molecule has 0 aliphatic carbocycles. The van der Waals surface area contributed by atoms with Crippen LogP contribution in [0.25, 0.3) is 0 Å². The Hall–Kier alpha value is 2.48. The van der Waals surface area contributed by atoms with Crippen molar-refractivity contribution >= 4 is 15.2 Å². The van der Waals surface area contributed by atoms with E-state index in [0.29, 0.717) is 26.1 Å². The van der Waals surface area contributed by atoms with Crippen molar-refractivity contribution < 1.29 is 122 Å². The first-order valence-corrected chi connectivity index (χ1v) is 11.8. The van der Waals surface area contributed by atoms with Crippen molar-refractivity contribution in [3.63, 3.8) is 0 Å². The van der Waals surface area contributed by atoms with Crippen molar-refractivity contribution in [2.75, 3.05) is 39.8 Å². The molecule has 0 aromatic carbocycles. The van der Waals surface area contributed by atoms with E-state index in [-0.39, 0.29) is 117 Å². The Bertz CT molecular complexity index is 355. The van der Waals surface area contributed by atoms with E-state index in [1.54, 1.807) is 0 Å². The molecule has 4 N–H and O–H groups in total. The van der Waals surface area contributed by atoms with Gasteiger partial charge in [-0.3, -0.25) is 9.13 Å². The van der Waals surface area contributed by atoms with Crippen molar-refractivity contribution in [2.24, 2.45) is 0 Å². The minimum atomic E-state index is -2.64. The molecule has 16 heteroatoms. The zero-order valence-corrected chi connectivity index (χ0v) is 24.3. The molecule has 0 aromatic heterocycles. The minimum absolute atomic E-state index is 0. The maximum absolute atomic E-state index is 10.8. The smallest absolute Gasteiger partial charge is 0.297 e. The summed E-state index contributed by atoms with van der Waals surface area (Å²) < 4.78 is 40.4. The first-order valence-electron chi connectivity index (χ1n) is 7.82. The zero-order valence-electron chi connectivity index (χ0n) is 16.9. The van der Waals surface area contributed by atoms with Crippen LogP contribution in [0.2, 0.25) is 0 Å². The Morgan fingerprint density at radius 2 is 0.971 bits per heavy atom. The number of hydrogen-bond acceptors (Lipinski definition) is 10. The fourth-order valence-corrected chi connectivity index (χ4v) is 2.83. The molecule has 0 aromatic rings. The van der Waals surface area contributed by atoms with Gasteiger partial charge in [-0.05, 0) is 0 Å². The number of aliphatic hydroxyl groups excluding tert-OH is 4. The fraction of sp³-hybridized carbons (Fsp3) is 0.778. The second-order valence-corrected chi connectivity index (χ2v) is 8.74. The molecule has 0 bridgehead atoms. The van der Waals surface area contributed by atoms with Crippen LogP contribution in [0.5, 0.6) is 0 Å². The summed E-state index contributed by atoms with van der Waals surface area (Å²) in [4.78, 5) is 0. The van der Waals surface area contributed by atoms with Gasteiger partial charge in [0.25, 0.3) is 15.2 Å². The molecule has 2 fully saturated rings. The Kier molecular flexibility index (Phi) is 87.5. The summed E-state index contributed by atoms with van der Waals surface area (Å²) in [6, 6.07) is 0. The van der Waals surface area contributed by atoms with Crippen LogP contribution in [0.4, 0.5) is 0 Å². The summed E-state index contributed by atoms with van der Waals surface area (Å²) in [5.41, 5.74) is 0. The summed E-state index contributed by atoms with van der Waals surface area (Å²) in [7, 11) is -5.28. The summed E-state index contributed by atoms with van der Waals surface area (Å²) in [5.74, 6) is 0. The van der Waals surface area contributed by atoms with Crippen LogP contribution in [0.3, 0.4) is 0 Å². The van der Waals surface area contributed by atoms with Crippen LogP contribution in [-0.2, 0) is 101 Å². The minimum Gasteiger partial charge on any atom is -0.566 e. The molecule has 2 rings (SSSR count). The van der Waals surface area contributed by atoms with Crippen LogP contribution < -0.4 is 0 Å². The average Bonchev–Trinajstić information content (AvgIpc) is 2.58. The molecule has 0 unspecified atom stereocenters. The molecule has 2 atom stereocenters. The molecule has 34 heavy (non-hydrogen) atoms. The van der Waals surface area contributed by atoms with E-state index in [1.165, 1.54) is 26.5 Å². The SMILES string of the molecule is C.C.C.C.C[P@@]1(=O)O[CH-]CCO1.C[P@@]1(=O)O[CH-]CCO1.O[CH-]CCO.O[CH-]CCO.[V].[V].[V].[V]. The van der Waals surface area contributed by atoms with Crippen molar-refractivity contribution in [3.05, 3.63) is 26.4 Å². The molecule has 2 saturated heterocycles. The summed E-state index contributed by atoms with van der Waals surface area (Å²) in [6.07, 6.45) is 2.22. The molecular weight excluding hydrogens is 642 g/mol. The molecule has 0 amide bonds. The van der Waals surface area contributed by atoms with Gasteiger partial charge in [0.05, 0.1) is 0 Å². The summed E-state index contributed by atoms with van der Waals surface area (Å²) >= 11 is 0. The van der Waals surface area contributed by atoms with E-state index in [4.69, 9.17) is 29.5 Å². The largest absolute Gasteiger partial charge is 0.566 e. The molecular formula is C18H46O10P2V4-4. The quantitative estimate of drug-likeness (QED) is 0.231. The van der Waals surface area contributed by atoms with Crippen LogP contribution >= 0.6 is 15.2 Å². The number of aliphatic hydroxyl groups is 4. The molecule has 0 saturated carbocycles. The first-order chi connectivity index (χ1) is 12.2. The van der Waals surface area contributed by atoms with Gasteiger partial charge in [-0.15, -0.1) is 25.7 Å². The third-order valence-corrected chi connectivity index (χ3v) is 4.54. The third kappa shape index (κ3) is 55.1. The van der Waals surface area contributed by atoms with Crippen LogP contribution in [0, 0.1) is 26.4 Å². The van der Waals surface area contributed by atoms with Crippen LogP contribution in [-0.4, -0.2) is 60.2 Å². The maximum Gasteiger partial charge on any atom is 0.297 e. The van der Waals surface area contributed by atoms with E-state index in [1.807, 2.05) is 0 Å². The Labute approximate surface area is 257 Å². The fourth-order valence-electron chi connectivity index (χ4n) is 1.09. The molecule has 2 aliphatic rings. The number of hydrogen-bond donors (Lipinski definition) is 4. The predicted molar refractivity (Wildman–Crippen MR) is 122 cm³/mol. The van der Waals surface area contributed by atoms with Crippen molar-refractivity contribution in [1.29, 1.82) is 0 Å². The Balaban J connectivity index is -0.0000000267. The Morgan fingerprint density at radius 3 is 1.03 bits per heavy atom. The van der Waals surface area contributed by atoms with E-state index in [9.17, 15) is 9.13 Å². The Morgan fingerprint density at radius 1 is 0.706 bits per heavy atom. The first kappa shape index (κ1) is 65.5. The van der Waals surface area contributed by atoms with Gasteiger partial charge in [0.15, 0.2) is 0 Å². The molecule has 4 radical (unpaired) electrons. The summed E-state index contributed by atoms with van der Waals surface area (Å²) in [5, 5.41) is 31.3. The van der Waals surface area contributed by atoms with Gasteiger partial charge in [-0.1, -0.05) is 29.7 Å². The van der Waals surface area contributed by atoms with Gasteiger partial charge in [-0.2, -0.15) is 13.2 Å². The van der Waals surface area contributed by atoms with E-state index in [0.717, 1.165) is 26.1 Å². The second kappa shape index (κ2) is 45.4. The molecule has 212 valence electrons. The van der Waals surface area contributed by atoms with E-state index < -0.39 is 15.2 Å². The van der Waals surface area contributed by atoms with Gasteiger partial charge in [0.2, 0.25) is 0 Å². The van der Waals surface area contributed by atoms with Crippen LogP contribution in [0.15, 0.2) is 0 Å². The van der Waals surface area contributed by atoms with Crippen molar-refractivity contribution in [2.45, 2.75) is 55.4 Å². The number of rotatable bonds is 4. The molecule has 0 spiro atoms. The maximum atomic E-state index is 10.8. The van der Waals surface area contributed by atoms with E-state index >= 15 is 0 Å². The second-order valence-electron chi connectivity index (χ2n) is 4.72. The topological polar surface area (TPSA) is 152 Å². The molecule has 2 aliphatic heterocycles. The van der Waals surface area contributed by atoms with Gasteiger partial charge in [0, 0.05) is 114 Å². The van der Waals surface area contributed by atoms with Gasteiger partial charge in [0.1, 0.15) is 0 Å². The van der Waals surface area contributed by atoms with Crippen LogP contribution in [0.1, 0.15) is 55.4 Å². The molecule has 10 nitrogen and oxygen atoms in total. The van der Waals surface area contributed by atoms with Gasteiger partial charge < -0.3 is 38.5 Å². The monoisotopic (exact) mass is 688 g/mol. The van der Waals surface area contributed by atoms with E-state index in [2.05, 4.69) is 9.05 Å². The third-order valence-electron chi connectivity index (χ3n) is 2.17. The van der Waals surface area contributed by atoms with Gasteiger partial charge >= 0.3 is 0 Å². The van der Waals surface area contributed by atoms with Gasteiger partial charge in [-0.25, -0.2) is 13.2 Å². The normalized spacial score (nSPS) is 21.1. The average molecular weight is 688 g/mol. The van der Waals surface area contributed by atoms with Crippen molar-refractivity contribution in [3.8, 4) is 0 Å².